The highest BCUT2D eigenvalue weighted by Crippen LogP contribution is 2.48. The van der Waals surface area contributed by atoms with Crippen molar-refractivity contribution in [3.8, 4) is 23.0 Å². The molecule has 6 rings (SSSR count). The molecule has 1 saturated heterocycles. The van der Waals surface area contributed by atoms with E-state index in [0.717, 1.165) is 6.07 Å². The number of anilines is 3. The molecule has 0 aliphatic carbocycles. The van der Waals surface area contributed by atoms with Crippen LogP contribution in [0.2, 0.25) is 5.02 Å². The lowest BCUT2D eigenvalue weighted by molar-refractivity contribution is -0.137. The van der Waals surface area contributed by atoms with Crippen LogP contribution in [0.4, 0.5) is 30.6 Å². The van der Waals surface area contributed by atoms with E-state index in [1.807, 2.05) is 11.0 Å². The fourth-order valence-corrected chi connectivity index (χ4v) is 8.20. The molecule has 0 amide bonds. The van der Waals surface area contributed by atoms with Gasteiger partial charge >= 0.3 is 12.2 Å². The lowest BCUT2D eigenvalue weighted by Gasteiger charge is -2.36. The normalized spacial score (nSPS) is 17.1. The van der Waals surface area contributed by atoms with Crippen molar-refractivity contribution in [3.63, 3.8) is 0 Å². The van der Waals surface area contributed by atoms with Crippen molar-refractivity contribution in [1.82, 2.24) is 19.9 Å². The van der Waals surface area contributed by atoms with Crippen molar-refractivity contribution in [2.75, 3.05) is 47.6 Å². The Hall–Kier alpha value is -4.11. The van der Waals surface area contributed by atoms with Gasteiger partial charge in [-0.2, -0.15) is 23.1 Å². The lowest BCUT2D eigenvalue weighted by atomic mass is 9.96. The monoisotopic (exact) mass is 649 g/mol. The number of ether oxygens (including phenoxy) is 2. The smallest absolute Gasteiger partial charge is 0.418 e. The highest BCUT2D eigenvalue weighted by molar-refractivity contribution is 7.92. The number of rotatable bonds is 6. The molecule has 4 N–H and O–H groups in total. The number of nitrogens with zero attached hydrogens (tertiary/aromatic N) is 5. The van der Waals surface area contributed by atoms with E-state index in [-0.39, 0.29) is 70.5 Å². The number of pyridine rings is 2. The maximum Gasteiger partial charge on any atom is 0.418 e. The van der Waals surface area contributed by atoms with Gasteiger partial charge < -0.3 is 25.8 Å². The van der Waals surface area contributed by atoms with Gasteiger partial charge in [-0.25, -0.2) is 18.4 Å². The Morgan fingerprint density at radius 1 is 1.18 bits per heavy atom. The molecule has 4 aromatic rings. The number of aromatic nitrogens is 4. The Kier molecular flexibility index (Phi) is 7.15. The van der Waals surface area contributed by atoms with Crippen LogP contribution < -0.4 is 25.8 Å². The summed E-state index contributed by atoms with van der Waals surface area (Å²) in [4.78, 5) is 19.2. The van der Waals surface area contributed by atoms with Crippen LogP contribution in [-0.2, 0) is 22.6 Å². The van der Waals surface area contributed by atoms with Gasteiger partial charge in [0.2, 0.25) is 0 Å². The second kappa shape index (κ2) is 10.5. The van der Waals surface area contributed by atoms with E-state index in [9.17, 15) is 21.6 Å². The number of hydrogen-bond acceptors (Lipinski definition) is 11. The van der Waals surface area contributed by atoms with Crippen molar-refractivity contribution < 1.29 is 31.1 Å². The zero-order valence-electron chi connectivity index (χ0n) is 23.6. The molecule has 0 unspecified atom stereocenters. The van der Waals surface area contributed by atoms with E-state index in [2.05, 4.69) is 19.9 Å². The maximum atomic E-state index is 14.3. The van der Waals surface area contributed by atoms with Gasteiger partial charge in [0, 0.05) is 29.3 Å². The minimum Gasteiger partial charge on any atom is -0.489 e. The molecule has 0 radical (unpaired) electrons. The molecule has 3 aromatic heterocycles. The minimum atomic E-state index is -4.77. The Labute approximate surface area is 255 Å². The van der Waals surface area contributed by atoms with E-state index in [4.69, 9.17) is 32.5 Å². The van der Waals surface area contributed by atoms with Crippen LogP contribution in [0.3, 0.4) is 0 Å². The number of hydrogen-bond donors (Lipinski definition) is 2. The molecule has 2 aliphatic rings. The summed E-state index contributed by atoms with van der Waals surface area (Å²) < 4.78 is 78.5. The molecule has 11 nitrogen and oxygen atoms in total. The summed E-state index contributed by atoms with van der Waals surface area (Å²) in [5.74, 6) is 0.513. The molecule has 16 heteroatoms. The van der Waals surface area contributed by atoms with E-state index in [1.54, 1.807) is 19.2 Å². The molecule has 5 heterocycles. The number of alkyl halides is 3. The van der Waals surface area contributed by atoms with Gasteiger partial charge in [-0.1, -0.05) is 24.6 Å². The van der Waals surface area contributed by atoms with Gasteiger partial charge in [-0.3, -0.25) is 0 Å². The van der Waals surface area contributed by atoms with Gasteiger partial charge in [-0.15, -0.1) is 0 Å². The summed E-state index contributed by atoms with van der Waals surface area (Å²) in [6.07, 6.45) is -3.20. The summed E-state index contributed by atoms with van der Waals surface area (Å²) >= 11 is 6.81. The number of nitrogens with two attached hydrogens (primary N) is 2. The molecule has 1 fully saturated rings. The highest BCUT2D eigenvalue weighted by Gasteiger charge is 2.45. The molecule has 0 atom stereocenters. The third-order valence-corrected chi connectivity index (χ3v) is 10.1. The average molecular weight is 650 g/mol. The summed E-state index contributed by atoms with van der Waals surface area (Å²) in [5.41, 5.74) is 10.6. The predicted molar refractivity (Wildman–Crippen MR) is 159 cm³/mol. The average Bonchev–Trinajstić information content (AvgIpc) is 3.08. The van der Waals surface area contributed by atoms with Crippen LogP contribution in [0, 0.1) is 12.3 Å². The van der Waals surface area contributed by atoms with E-state index < -0.39 is 32.7 Å². The van der Waals surface area contributed by atoms with Gasteiger partial charge in [-0.05, 0) is 30.7 Å². The number of nitrogen functional groups attached to an aromatic ring is 2. The molecule has 0 spiro atoms. The Bertz CT molecular complexity index is 1910. The Morgan fingerprint density at radius 3 is 2.61 bits per heavy atom. The van der Waals surface area contributed by atoms with Crippen LogP contribution in [0.1, 0.15) is 23.6 Å². The van der Waals surface area contributed by atoms with Crippen molar-refractivity contribution in [1.29, 1.82) is 0 Å². The van der Waals surface area contributed by atoms with Gasteiger partial charge in [0.25, 0.3) is 0 Å². The summed E-state index contributed by atoms with van der Waals surface area (Å²) in [6.45, 7) is 3.72. The number of halogens is 4. The van der Waals surface area contributed by atoms with Crippen LogP contribution in [0.15, 0.2) is 30.5 Å². The van der Waals surface area contributed by atoms with Crippen molar-refractivity contribution in [2.45, 2.75) is 26.6 Å². The first-order chi connectivity index (χ1) is 20.6. The molecular formula is C28H27ClF3N7O4S. The predicted octanol–water partition coefficient (Wildman–Crippen LogP) is 4.44. The van der Waals surface area contributed by atoms with Gasteiger partial charge in [0.05, 0.1) is 51.8 Å². The number of benzene rings is 1. The van der Waals surface area contributed by atoms with Crippen molar-refractivity contribution in [3.05, 3.63) is 52.2 Å². The van der Waals surface area contributed by atoms with Gasteiger partial charge in [0.15, 0.2) is 15.6 Å². The SMILES string of the molecule is Cc1cc(N)nc(-c2cc3nc(OCC4(C)CS(=O)(=O)C4)nc4c3c(c2Cl)OCCN4Cc2cccnc2N)c1C(F)(F)F. The molecule has 0 bridgehead atoms. The summed E-state index contributed by atoms with van der Waals surface area (Å²) in [7, 11) is -3.14. The minimum absolute atomic E-state index is 0.00469. The zero-order valence-corrected chi connectivity index (χ0v) is 25.1. The third-order valence-electron chi connectivity index (χ3n) is 7.50. The zero-order chi connectivity index (χ0) is 31.6. The fourth-order valence-electron chi connectivity index (χ4n) is 5.70. The van der Waals surface area contributed by atoms with Crippen molar-refractivity contribution >= 4 is 49.8 Å². The second-order valence-corrected chi connectivity index (χ2v) is 13.8. The van der Waals surface area contributed by atoms with Gasteiger partial charge in [0.1, 0.15) is 24.1 Å². The molecule has 232 valence electrons. The summed E-state index contributed by atoms with van der Waals surface area (Å²) in [6, 6.07) is 5.97. The first-order valence-corrected chi connectivity index (χ1v) is 15.6. The van der Waals surface area contributed by atoms with Crippen LogP contribution >= 0.6 is 11.6 Å². The van der Waals surface area contributed by atoms with Crippen LogP contribution in [0.25, 0.3) is 22.2 Å². The maximum absolute atomic E-state index is 14.3. The highest BCUT2D eigenvalue weighted by atomic mass is 35.5. The Morgan fingerprint density at radius 2 is 1.93 bits per heavy atom. The molecule has 44 heavy (non-hydrogen) atoms. The van der Waals surface area contributed by atoms with Crippen molar-refractivity contribution in [2.24, 2.45) is 5.41 Å². The third kappa shape index (κ3) is 5.49. The van der Waals surface area contributed by atoms with E-state index in [0.29, 0.717) is 29.1 Å². The number of sulfone groups is 1. The lowest BCUT2D eigenvalue weighted by Crippen LogP contribution is -2.50. The van der Waals surface area contributed by atoms with Crippen LogP contribution in [0.5, 0.6) is 11.8 Å². The topological polar surface area (TPSA) is 159 Å². The molecular weight excluding hydrogens is 623 g/mol. The number of aryl methyl sites for hydroxylation is 1. The fraction of sp³-hybridized carbons (Fsp3) is 0.357. The van der Waals surface area contributed by atoms with E-state index >= 15 is 0 Å². The largest absolute Gasteiger partial charge is 0.489 e. The van der Waals surface area contributed by atoms with E-state index in [1.165, 1.54) is 13.0 Å². The quantitative estimate of drug-likeness (QED) is 0.304. The molecule has 2 aliphatic heterocycles. The first kappa shape index (κ1) is 29.9. The second-order valence-electron chi connectivity index (χ2n) is 11.3. The van der Waals surface area contributed by atoms with Crippen LogP contribution in [-0.4, -0.2) is 59.6 Å². The standard InChI is InChI=1S/C28H27ClF3N7O4S/c1-14-8-18(33)37-22(20(14)28(30,31)32)16-9-17-19-23(21(16)29)42-7-6-39(10-15-4-3-5-35-24(15)34)25(19)38-26(36-17)43-11-27(2)12-44(40,41)13-27/h3-5,8-9H,6-7,10-13H2,1-2H3,(H2,33,37)(H2,34,35). The molecule has 0 saturated carbocycles. The first-order valence-electron chi connectivity index (χ1n) is 13.4. The molecule has 1 aromatic carbocycles. The summed E-state index contributed by atoms with van der Waals surface area (Å²) in [5, 5.41) is 0.228. The Balaban J connectivity index is 1.55.